The highest BCUT2D eigenvalue weighted by Gasteiger charge is 2.01. The van der Waals surface area contributed by atoms with Gasteiger partial charge in [0, 0.05) is 35.9 Å². The quantitative estimate of drug-likeness (QED) is 0.743. The Morgan fingerprint density at radius 2 is 2.27 bits per heavy atom. The van der Waals surface area contributed by atoms with Gasteiger partial charge in [0.2, 0.25) is 0 Å². The molecule has 1 atom stereocenters. The van der Waals surface area contributed by atoms with Crippen molar-refractivity contribution >= 4 is 10.8 Å². The zero-order valence-corrected chi connectivity index (χ0v) is 9.31. The van der Waals surface area contributed by atoms with E-state index in [1.165, 1.54) is 12.1 Å². The van der Waals surface area contributed by atoms with E-state index >= 15 is 0 Å². The maximum atomic E-state index is 12.9. The number of aromatic hydroxyl groups is 1. The van der Waals surface area contributed by atoms with Crippen LogP contribution in [0.3, 0.4) is 0 Å². The van der Waals surface area contributed by atoms with Crippen molar-refractivity contribution in [2.75, 3.05) is 18.6 Å². The number of nitrogens with one attached hydrogen (secondary N) is 1. The van der Waals surface area contributed by atoms with Gasteiger partial charge in [0.25, 0.3) is 0 Å². The van der Waals surface area contributed by atoms with Gasteiger partial charge in [-0.25, -0.2) is 4.39 Å². The molecular formula is C10H14FNO2S. The van der Waals surface area contributed by atoms with E-state index in [4.69, 9.17) is 5.11 Å². The van der Waals surface area contributed by atoms with Gasteiger partial charge in [-0.05, 0) is 17.7 Å². The minimum absolute atomic E-state index is 0.339. The van der Waals surface area contributed by atoms with E-state index in [0.29, 0.717) is 18.8 Å². The summed E-state index contributed by atoms with van der Waals surface area (Å²) in [5.41, 5.74) is 0.757. The van der Waals surface area contributed by atoms with E-state index < -0.39 is 16.6 Å². The molecule has 0 radical (unpaired) electrons. The molecule has 2 N–H and O–H groups in total. The van der Waals surface area contributed by atoms with Crippen LogP contribution in [-0.2, 0) is 17.3 Å². The molecule has 1 unspecified atom stereocenters. The Kier molecular flexibility index (Phi) is 4.71. The minimum atomic E-state index is -0.808. The first-order valence-electron chi connectivity index (χ1n) is 4.57. The lowest BCUT2D eigenvalue weighted by molar-refractivity contribution is 0.431. The highest BCUT2D eigenvalue weighted by Crippen LogP contribution is 2.15. The lowest BCUT2D eigenvalue weighted by Gasteiger charge is -2.04. The molecule has 0 aliphatic carbocycles. The average molecular weight is 231 g/mol. The Balaban J connectivity index is 2.38. The highest BCUT2D eigenvalue weighted by atomic mass is 32.2. The molecule has 1 rings (SSSR count). The van der Waals surface area contributed by atoms with Crippen LogP contribution in [0.1, 0.15) is 5.56 Å². The second kappa shape index (κ2) is 5.82. The first kappa shape index (κ1) is 12.1. The smallest absolute Gasteiger partial charge is 0.165 e. The summed E-state index contributed by atoms with van der Waals surface area (Å²) in [5.74, 6) is -0.373. The van der Waals surface area contributed by atoms with Crippen molar-refractivity contribution in [2.45, 2.75) is 6.54 Å². The van der Waals surface area contributed by atoms with Gasteiger partial charge in [-0.3, -0.25) is 4.21 Å². The van der Waals surface area contributed by atoms with Crippen molar-refractivity contribution in [3.63, 3.8) is 0 Å². The number of hydrogen-bond acceptors (Lipinski definition) is 3. The number of phenols is 1. The van der Waals surface area contributed by atoms with Crippen molar-refractivity contribution in [1.29, 1.82) is 0 Å². The second-order valence-electron chi connectivity index (χ2n) is 3.24. The molecular weight excluding hydrogens is 217 g/mol. The molecule has 84 valence electrons. The lowest BCUT2D eigenvalue weighted by Crippen LogP contribution is -2.19. The van der Waals surface area contributed by atoms with Crippen LogP contribution < -0.4 is 5.32 Å². The molecule has 3 nitrogen and oxygen atoms in total. The topological polar surface area (TPSA) is 49.3 Å². The number of halogens is 1. The van der Waals surface area contributed by atoms with Gasteiger partial charge in [0.15, 0.2) is 11.6 Å². The molecule has 5 heteroatoms. The van der Waals surface area contributed by atoms with Crippen LogP contribution in [0.4, 0.5) is 4.39 Å². The van der Waals surface area contributed by atoms with Gasteiger partial charge in [-0.15, -0.1) is 0 Å². The Labute approximate surface area is 90.8 Å². The molecule has 0 aromatic heterocycles. The van der Waals surface area contributed by atoms with Gasteiger partial charge in [0.05, 0.1) is 0 Å². The molecule has 0 saturated carbocycles. The van der Waals surface area contributed by atoms with Crippen molar-refractivity contribution < 1.29 is 13.7 Å². The third-order valence-electron chi connectivity index (χ3n) is 1.91. The number of rotatable bonds is 5. The zero-order chi connectivity index (χ0) is 11.3. The normalized spacial score (nSPS) is 12.7. The van der Waals surface area contributed by atoms with Gasteiger partial charge < -0.3 is 10.4 Å². The van der Waals surface area contributed by atoms with E-state index in [1.807, 2.05) is 0 Å². The molecule has 1 aromatic rings. The maximum absolute atomic E-state index is 12.9. The summed E-state index contributed by atoms with van der Waals surface area (Å²) in [4.78, 5) is 0. The van der Waals surface area contributed by atoms with Gasteiger partial charge >= 0.3 is 0 Å². The fraction of sp³-hybridized carbons (Fsp3) is 0.400. The molecule has 15 heavy (non-hydrogen) atoms. The van der Waals surface area contributed by atoms with Crippen LogP contribution in [0.2, 0.25) is 0 Å². The summed E-state index contributed by atoms with van der Waals surface area (Å²) in [6.07, 6.45) is 1.64. The van der Waals surface area contributed by atoms with Crippen LogP contribution in [0.15, 0.2) is 18.2 Å². The Morgan fingerprint density at radius 1 is 1.53 bits per heavy atom. The van der Waals surface area contributed by atoms with Gasteiger partial charge in [-0.1, -0.05) is 6.07 Å². The van der Waals surface area contributed by atoms with Crippen LogP contribution in [-0.4, -0.2) is 27.9 Å². The molecule has 0 amide bonds. The summed E-state index contributed by atoms with van der Waals surface area (Å²) in [6.45, 7) is 1.14. The summed E-state index contributed by atoms with van der Waals surface area (Å²) < 4.78 is 23.6. The average Bonchev–Trinajstić information content (AvgIpc) is 2.18. The van der Waals surface area contributed by atoms with E-state index in [1.54, 1.807) is 12.3 Å². The van der Waals surface area contributed by atoms with E-state index in [0.717, 1.165) is 5.56 Å². The SMILES string of the molecule is CS(=O)CCNCc1ccc(O)c(F)c1. The van der Waals surface area contributed by atoms with Crippen LogP contribution in [0.25, 0.3) is 0 Å². The molecule has 0 aliphatic rings. The number of benzene rings is 1. The van der Waals surface area contributed by atoms with Crippen molar-refractivity contribution in [1.82, 2.24) is 5.32 Å². The van der Waals surface area contributed by atoms with E-state index in [9.17, 15) is 8.60 Å². The lowest BCUT2D eigenvalue weighted by atomic mass is 10.2. The summed E-state index contributed by atoms with van der Waals surface area (Å²) in [6, 6.07) is 4.25. The van der Waals surface area contributed by atoms with E-state index in [-0.39, 0.29) is 5.75 Å². The molecule has 1 aromatic carbocycles. The molecule has 0 saturated heterocycles. The predicted octanol–water partition coefficient (Wildman–Crippen LogP) is 0.999. The standard InChI is InChI=1S/C10H14FNO2S/c1-15(14)5-4-12-7-8-2-3-10(13)9(11)6-8/h2-3,6,12-13H,4-5,7H2,1H3. The summed E-state index contributed by atoms with van der Waals surface area (Å²) in [7, 11) is -0.808. The largest absolute Gasteiger partial charge is 0.505 e. The predicted molar refractivity (Wildman–Crippen MR) is 58.7 cm³/mol. The third kappa shape index (κ3) is 4.40. The molecule has 0 heterocycles. The number of hydrogen-bond donors (Lipinski definition) is 2. The zero-order valence-electron chi connectivity index (χ0n) is 8.50. The Hall–Kier alpha value is -0.940. The number of phenolic OH excluding ortho intramolecular Hbond substituents is 1. The summed E-state index contributed by atoms with van der Waals surface area (Å²) in [5, 5.41) is 12.0. The monoisotopic (exact) mass is 231 g/mol. The molecule has 0 spiro atoms. The summed E-state index contributed by atoms with van der Waals surface area (Å²) >= 11 is 0. The van der Waals surface area contributed by atoms with Crippen LogP contribution in [0.5, 0.6) is 5.75 Å². The van der Waals surface area contributed by atoms with Crippen molar-refractivity contribution in [2.24, 2.45) is 0 Å². The van der Waals surface area contributed by atoms with Crippen LogP contribution in [0, 0.1) is 5.82 Å². The fourth-order valence-electron chi connectivity index (χ4n) is 1.11. The molecule has 0 fully saturated rings. The molecule has 0 aliphatic heterocycles. The van der Waals surface area contributed by atoms with E-state index in [2.05, 4.69) is 5.32 Å². The van der Waals surface area contributed by atoms with Gasteiger partial charge in [0.1, 0.15) is 0 Å². The second-order valence-corrected chi connectivity index (χ2v) is 4.79. The van der Waals surface area contributed by atoms with Gasteiger partial charge in [-0.2, -0.15) is 0 Å². The Morgan fingerprint density at radius 3 is 2.87 bits per heavy atom. The van der Waals surface area contributed by atoms with Crippen LogP contribution >= 0.6 is 0 Å². The first-order valence-corrected chi connectivity index (χ1v) is 6.30. The minimum Gasteiger partial charge on any atom is -0.505 e. The third-order valence-corrected chi connectivity index (χ3v) is 2.69. The van der Waals surface area contributed by atoms with Crippen molar-refractivity contribution in [3.05, 3.63) is 29.6 Å². The highest BCUT2D eigenvalue weighted by molar-refractivity contribution is 7.84. The Bertz CT molecular complexity index is 357. The van der Waals surface area contributed by atoms with Crippen molar-refractivity contribution in [3.8, 4) is 5.75 Å². The molecule has 0 bridgehead atoms. The maximum Gasteiger partial charge on any atom is 0.165 e. The first-order chi connectivity index (χ1) is 7.09. The fourth-order valence-corrected chi connectivity index (χ4v) is 1.54.